The summed E-state index contributed by atoms with van der Waals surface area (Å²) >= 11 is 0. The molecule has 2 saturated heterocycles. The fraction of sp³-hybridized carbons (Fsp3) is 0.710. The number of hydrogen-bond acceptors (Lipinski definition) is 6. The predicted molar refractivity (Wildman–Crippen MR) is 158 cm³/mol. The van der Waals surface area contributed by atoms with Crippen molar-refractivity contribution in [2.45, 2.75) is 70.6 Å². The smallest absolute Gasteiger partial charge is 0.253 e. The third-order valence-electron chi connectivity index (χ3n) is 8.66. The first-order valence-corrected chi connectivity index (χ1v) is 15.1. The number of nitrogens with zero attached hydrogens (tertiary/aromatic N) is 3. The Balaban J connectivity index is 0.00000110. The number of nitrogens with one attached hydrogen (secondary N) is 1. The molecular formula is C31H49N4O5Y-. The van der Waals surface area contributed by atoms with E-state index in [9.17, 15) is 14.4 Å². The van der Waals surface area contributed by atoms with E-state index < -0.39 is 0 Å². The Morgan fingerprint density at radius 1 is 0.951 bits per heavy atom. The van der Waals surface area contributed by atoms with E-state index in [1.165, 1.54) is 32.8 Å². The number of hydroxylamine groups is 1. The van der Waals surface area contributed by atoms with Crippen LogP contribution >= 0.6 is 0 Å². The van der Waals surface area contributed by atoms with Crippen LogP contribution in [-0.2, 0) is 47.1 Å². The first-order valence-electron chi connectivity index (χ1n) is 15.1. The molecule has 3 aliphatic rings. The van der Waals surface area contributed by atoms with Gasteiger partial charge in [-0.1, -0.05) is 19.3 Å². The molecule has 1 N–H and O–H groups in total. The van der Waals surface area contributed by atoms with Gasteiger partial charge >= 0.3 is 0 Å². The van der Waals surface area contributed by atoms with Crippen LogP contribution in [0, 0.1) is 17.8 Å². The Kier molecular flexibility index (Phi) is 17.0. The van der Waals surface area contributed by atoms with Gasteiger partial charge in [-0.05, 0) is 75.0 Å². The summed E-state index contributed by atoms with van der Waals surface area (Å²) in [6.07, 6.45) is 12.8. The third kappa shape index (κ3) is 11.2. The maximum Gasteiger partial charge on any atom is 0.253 e. The van der Waals surface area contributed by atoms with Gasteiger partial charge in [-0.25, -0.2) is 0 Å². The molecule has 0 spiro atoms. The van der Waals surface area contributed by atoms with E-state index in [2.05, 4.69) is 20.5 Å². The fourth-order valence-corrected chi connectivity index (χ4v) is 6.27. The van der Waals surface area contributed by atoms with Crippen LogP contribution in [0.5, 0.6) is 5.75 Å². The SMILES string of the molecule is COc1ccc(C(=O)N2CCC(CC3CCN(C(=O)C4CCCCC4)CC3)CC2)cc1NCCC=O.C[N-]OC.[Y]. The maximum atomic E-state index is 13.2. The third-order valence-corrected chi connectivity index (χ3v) is 8.66. The molecule has 1 radical (unpaired) electrons. The minimum atomic E-state index is 0. The molecule has 9 nitrogen and oxygen atoms in total. The molecule has 1 aliphatic carbocycles. The number of hydrogen-bond donors (Lipinski definition) is 1. The van der Waals surface area contributed by atoms with Crippen LogP contribution in [0.3, 0.4) is 0 Å². The molecule has 1 saturated carbocycles. The number of piperidine rings is 2. The van der Waals surface area contributed by atoms with Gasteiger partial charge in [0.2, 0.25) is 5.91 Å². The summed E-state index contributed by atoms with van der Waals surface area (Å²) in [6, 6.07) is 5.47. The molecule has 4 rings (SSSR count). The van der Waals surface area contributed by atoms with Gasteiger partial charge in [0.1, 0.15) is 12.0 Å². The van der Waals surface area contributed by atoms with E-state index in [0.29, 0.717) is 42.0 Å². The monoisotopic (exact) mass is 646 g/mol. The second kappa shape index (κ2) is 19.6. The zero-order valence-electron chi connectivity index (χ0n) is 25.3. The van der Waals surface area contributed by atoms with Crippen LogP contribution in [0.2, 0.25) is 0 Å². The molecule has 1 aromatic rings. The zero-order valence-corrected chi connectivity index (χ0v) is 28.2. The molecule has 227 valence electrons. The Hall–Kier alpha value is -1.55. The first-order chi connectivity index (χ1) is 19.5. The molecule has 2 amide bonds. The van der Waals surface area contributed by atoms with Crippen molar-refractivity contribution in [3.05, 3.63) is 29.2 Å². The second-order valence-corrected chi connectivity index (χ2v) is 11.2. The number of anilines is 1. The molecule has 10 heteroatoms. The van der Waals surface area contributed by atoms with Crippen molar-refractivity contribution in [2.24, 2.45) is 17.8 Å². The van der Waals surface area contributed by atoms with Gasteiger partial charge in [-0.2, -0.15) is 0 Å². The van der Waals surface area contributed by atoms with Crippen LogP contribution in [-0.4, -0.2) is 81.9 Å². The second-order valence-electron chi connectivity index (χ2n) is 11.2. The summed E-state index contributed by atoms with van der Waals surface area (Å²) in [5, 5.41) is 3.19. The summed E-state index contributed by atoms with van der Waals surface area (Å²) in [7, 11) is 4.70. The number of carbonyl (C=O) groups excluding carboxylic acids is 3. The summed E-state index contributed by atoms with van der Waals surface area (Å²) < 4.78 is 5.40. The number of benzene rings is 1. The van der Waals surface area contributed by atoms with Crippen LogP contribution in [0.1, 0.15) is 81.0 Å². The normalized spacial score (nSPS) is 18.5. The van der Waals surface area contributed by atoms with Crippen molar-refractivity contribution >= 4 is 23.8 Å². The summed E-state index contributed by atoms with van der Waals surface area (Å²) in [5.41, 5.74) is 4.63. The van der Waals surface area contributed by atoms with Crippen molar-refractivity contribution in [2.75, 3.05) is 59.3 Å². The number of ether oxygens (including phenoxy) is 1. The average Bonchev–Trinajstić information content (AvgIpc) is 3.01. The molecule has 1 aromatic carbocycles. The van der Waals surface area contributed by atoms with Crippen molar-refractivity contribution < 1.29 is 56.7 Å². The van der Waals surface area contributed by atoms with Gasteiger partial charge in [-0.3, -0.25) is 9.59 Å². The molecule has 0 aromatic heterocycles. The van der Waals surface area contributed by atoms with E-state index >= 15 is 0 Å². The number of rotatable bonds is 10. The molecule has 2 aliphatic heterocycles. The predicted octanol–water partition coefficient (Wildman–Crippen LogP) is 5.31. The molecule has 0 unspecified atom stereocenters. The van der Waals surface area contributed by atoms with Gasteiger partial charge in [0.05, 0.1) is 12.8 Å². The summed E-state index contributed by atoms with van der Waals surface area (Å²) in [4.78, 5) is 44.9. The van der Waals surface area contributed by atoms with Crippen molar-refractivity contribution in [1.82, 2.24) is 9.80 Å². The first kappa shape index (κ1) is 35.6. The number of amides is 2. The average molecular weight is 647 g/mol. The van der Waals surface area contributed by atoms with E-state index in [0.717, 1.165) is 76.7 Å². The molecule has 41 heavy (non-hydrogen) atoms. The minimum absolute atomic E-state index is 0. The van der Waals surface area contributed by atoms with Crippen molar-refractivity contribution in [3.63, 3.8) is 0 Å². The van der Waals surface area contributed by atoms with Crippen LogP contribution < -0.4 is 10.1 Å². The molecular weight excluding hydrogens is 597 g/mol. The Bertz CT molecular complexity index is 925. The standard InChI is InChI=1S/C29H43N3O4.C2H6NO.Y/c1-36-27-9-8-25(21-26(27)30-14-5-19-33)29(35)32-17-12-23(13-18-32)20-22-10-15-31(16-11-22)28(34)24-6-3-2-4-7-24;1-3-4-2;/h8-9,19,21-24,30H,2-7,10-18,20H2,1H3;1-2H3;/q;-1;. The fourth-order valence-electron chi connectivity index (χ4n) is 6.27. The zero-order chi connectivity index (χ0) is 28.7. The largest absolute Gasteiger partial charge is 0.537 e. The quantitative estimate of drug-likeness (QED) is 0.210. The molecule has 0 bridgehead atoms. The van der Waals surface area contributed by atoms with E-state index in [4.69, 9.17) is 4.74 Å². The van der Waals surface area contributed by atoms with Gasteiger partial charge in [-0.15, -0.1) is 7.05 Å². The topological polar surface area (TPSA) is 102 Å². The Morgan fingerprint density at radius 3 is 2.07 bits per heavy atom. The van der Waals surface area contributed by atoms with Gasteiger partial charge < -0.3 is 35.0 Å². The van der Waals surface area contributed by atoms with Crippen molar-refractivity contribution in [3.8, 4) is 5.75 Å². The summed E-state index contributed by atoms with van der Waals surface area (Å²) in [5.74, 6) is 2.80. The van der Waals surface area contributed by atoms with Gasteiger partial charge in [0.15, 0.2) is 0 Å². The van der Waals surface area contributed by atoms with E-state index in [-0.39, 0.29) is 44.5 Å². The molecule has 0 atom stereocenters. The van der Waals surface area contributed by atoms with Crippen molar-refractivity contribution in [1.29, 1.82) is 0 Å². The molecule has 3 fully saturated rings. The Labute approximate surface area is 271 Å². The van der Waals surface area contributed by atoms with Crippen LogP contribution in [0.4, 0.5) is 5.69 Å². The number of carbonyl (C=O) groups is 3. The number of likely N-dealkylation sites (tertiary alicyclic amines) is 2. The Morgan fingerprint density at radius 2 is 1.54 bits per heavy atom. The maximum absolute atomic E-state index is 13.2. The number of aldehydes is 1. The van der Waals surface area contributed by atoms with E-state index in [1.807, 2.05) is 23.1 Å². The van der Waals surface area contributed by atoms with Crippen LogP contribution in [0.25, 0.3) is 5.48 Å². The molecule has 2 heterocycles. The number of methoxy groups -OCH3 is 1. The van der Waals surface area contributed by atoms with E-state index in [1.54, 1.807) is 14.2 Å². The van der Waals surface area contributed by atoms with Gasteiger partial charge in [0, 0.05) is 90.4 Å². The van der Waals surface area contributed by atoms with Crippen LogP contribution in [0.15, 0.2) is 18.2 Å². The minimum Gasteiger partial charge on any atom is -0.537 e. The van der Waals surface area contributed by atoms with Gasteiger partial charge in [0.25, 0.3) is 5.91 Å². The summed E-state index contributed by atoms with van der Waals surface area (Å²) in [6.45, 7) is 3.96.